The Kier molecular flexibility index (Phi) is 4.61. The smallest absolute Gasteiger partial charge is 0.219 e. The lowest BCUT2D eigenvalue weighted by atomic mass is 10.3. The topological polar surface area (TPSA) is 48.1 Å². The number of ether oxygens (including phenoxy) is 1. The van der Waals surface area contributed by atoms with Crippen molar-refractivity contribution in [2.75, 3.05) is 0 Å². The summed E-state index contributed by atoms with van der Waals surface area (Å²) in [6.07, 6.45) is 4.91. The molecule has 3 nitrogen and oxygen atoms in total. The standard InChI is InChI=1S/C12H13ClN2O/c1-9(6-7-11(14)10(2)13)16-12-5-3-4-8-15-12/h3-8H,1,14H2,2H3/b7-6-,11-10-. The van der Waals surface area contributed by atoms with E-state index in [0.29, 0.717) is 22.4 Å². The summed E-state index contributed by atoms with van der Waals surface area (Å²) in [4.78, 5) is 3.99. The number of hydrogen-bond acceptors (Lipinski definition) is 3. The highest BCUT2D eigenvalue weighted by atomic mass is 35.5. The molecule has 0 aliphatic heterocycles. The van der Waals surface area contributed by atoms with E-state index in [0.717, 1.165) is 0 Å². The molecule has 0 radical (unpaired) electrons. The van der Waals surface area contributed by atoms with E-state index in [2.05, 4.69) is 11.6 Å². The van der Waals surface area contributed by atoms with Gasteiger partial charge in [-0.1, -0.05) is 24.2 Å². The molecule has 0 bridgehead atoms. The van der Waals surface area contributed by atoms with Crippen LogP contribution < -0.4 is 10.5 Å². The van der Waals surface area contributed by atoms with E-state index in [9.17, 15) is 0 Å². The molecule has 0 saturated heterocycles. The van der Waals surface area contributed by atoms with Crippen molar-refractivity contribution in [3.63, 3.8) is 0 Å². The van der Waals surface area contributed by atoms with E-state index in [4.69, 9.17) is 22.1 Å². The third kappa shape index (κ3) is 4.19. The Morgan fingerprint density at radius 2 is 2.25 bits per heavy atom. The monoisotopic (exact) mass is 236 g/mol. The Bertz CT molecular complexity index is 420. The highest BCUT2D eigenvalue weighted by Crippen LogP contribution is 2.10. The Balaban J connectivity index is 2.59. The van der Waals surface area contributed by atoms with Crippen molar-refractivity contribution in [3.8, 4) is 5.88 Å². The molecular weight excluding hydrogens is 224 g/mol. The van der Waals surface area contributed by atoms with E-state index < -0.39 is 0 Å². The van der Waals surface area contributed by atoms with Crippen LogP contribution in [-0.4, -0.2) is 4.98 Å². The van der Waals surface area contributed by atoms with E-state index in [-0.39, 0.29) is 0 Å². The Morgan fingerprint density at radius 1 is 1.50 bits per heavy atom. The first-order valence-electron chi connectivity index (χ1n) is 4.67. The van der Waals surface area contributed by atoms with Crippen LogP contribution in [0.3, 0.4) is 0 Å². The molecule has 0 aliphatic rings. The Morgan fingerprint density at radius 3 is 2.81 bits per heavy atom. The first-order chi connectivity index (χ1) is 7.59. The summed E-state index contributed by atoms with van der Waals surface area (Å²) >= 11 is 5.69. The summed E-state index contributed by atoms with van der Waals surface area (Å²) in [7, 11) is 0. The van der Waals surface area contributed by atoms with Crippen LogP contribution >= 0.6 is 11.6 Å². The predicted octanol–water partition coefficient (Wildman–Crippen LogP) is 2.96. The van der Waals surface area contributed by atoms with Crippen LogP contribution in [0.5, 0.6) is 5.88 Å². The van der Waals surface area contributed by atoms with Crippen molar-refractivity contribution < 1.29 is 4.74 Å². The zero-order chi connectivity index (χ0) is 12.0. The zero-order valence-corrected chi connectivity index (χ0v) is 9.74. The minimum atomic E-state index is 0.444. The van der Waals surface area contributed by atoms with Gasteiger partial charge in [-0.25, -0.2) is 4.98 Å². The van der Waals surface area contributed by atoms with Crippen LogP contribution in [0.2, 0.25) is 0 Å². The number of rotatable bonds is 4. The molecule has 1 aromatic rings. The molecular formula is C12H13ClN2O. The second-order valence-electron chi connectivity index (χ2n) is 3.06. The van der Waals surface area contributed by atoms with Gasteiger partial charge in [-0.15, -0.1) is 0 Å². The lowest BCUT2D eigenvalue weighted by Gasteiger charge is -2.02. The van der Waals surface area contributed by atoms with Crippen LogP contribution in [0.4, 0.5) is 0 Å². The minimum absolute atomic E-state index is 0.444. The first-order valence-corrected chi connectivity index (χ1v) is 5.05. The number of nitrogens with zero attached hydrogens (tertiary/aromatic N) is 1. The number of pyridine rings is 1. The quantitative estimate of drug-likeness (QED) is 0.646. The van der Waals surface area contributed by atoms with Gasteiger partial charge in [-0.2, -0.15) is 0 Å². The molecule has 1 heterocycles. The van der Waals surface area contributed by atoms with Crippen LogP contribution in [-0.2, 0) is 0 Å². The lowest BCUT2D eigenvalue weighted by molar-refractivity contribution is 0.429. The average Bonchev–Trinajstić information content (AvgIpc) is 2.27. The molecule has 0 unspecified atom stereocenters. The highest BCUT2D eigenvalue weighted by Gasteiger charge is 1.95. The van der Waals surface area contributed by atoms with E-state index >= 15 is 0 Å². The second kappa shape index (κ2) is 5.98. The van der Waals surface area contributed by atoms with Gasteiger partial charge >= 0.3 is 0 Å². The maximum Gasteiger partial charge on any atom is 0.219 e. The highest BCUT2D eigenvalue weighted by molar-refractivity contribution is 6.29. The normalized spacial score (nSPS) is 12.4. The predicted molar refractivity (Wildman–Crippen MR) is 65.9 cm³/mol. The van der Waals surface area contributed by atoms with Gasteiger partial charge in [0.1, 0.15) is 5.76 Å². The summed E-state index contributed by atoms with van der Waals surface area (Å²) in [6, 6.07) is 5.38. The summed E-state index contributed by atoms with van der Waals surface area (Å²) in [5, 5.41) is 0.530. The fourth-order valence-electron chi connectivity index (χ4n) is 0.873. The molecule has 0 saturated carbocycles. The van der Waals surface area contributed by atoms with Crippen molar-refractivity contribution in [2.45, 2.75) is 6.92 Å². The van der Waals surface area contributed by atoms with Gasteiger partial charge in [0, 0.05) is 23.0 Å². The average molecular weight is 237 g/mol. The molecule has 0 spiro atoms. The Hall–Kier alpha value is -1.74. The fourth-order valence-corrected chi connectivity index (χ4v) is 0.936. The van der Waals surface area contributed by atoms with Gasteiger partial charge < -0.3 is 10.5 Å². The summed E-state index contributed by atoms with van der Waals surface area (Å²) < 4.78 is 5.33. The van der Waals surface area contributed by atoms with Crippen molar-refractivity contribution in [1.29, 1.82) is 0 Å². The van der Waals surface area contributed by atoms with Gasteiger partial charge in [-0.3, -0.25) is 0 Å². The third-order valence-electron chi connectivity index (χ3n) is 1.72. The van der Waals surface area contributed by atoms with E-state index in [1.54, 1.807) is 31.3 Å². The maximum atomic E-state index is 5.69. The number of aromatic nitrogens is 1. The number of nitrogens with two attached hydrogens (primary N) is 1. The molecule has 84 valence electrons. The summed E-state index contributed by atoms with van der Waals surface area (Å²) in [5.74, 6) is 0.932. The molecule has 1 rings (SSSR count). The molecule has 0 aromatic carbocycles. The van der Waals surface area contributed by atoms with Crippen molar-refractivity contribution in [2.24, 2.45) is 5.73 Å². The largest absolute Gasteiger partial charge is 0.440 e. The van der Waals surface area contributed by atoms with Gasteiger partial charge in [0.25, 0.3) is 0 Å². The van der Waals surface area contributed by atoms with Crippen LogP contribution in [0.25, 0.3) is 0 Å². The maximum absolute atomic E-state index is 5.69. The minimum Gasteiger partial charge on any atom is -0.440 e. The molecule has 0 aliphatic carbocycles. The Labute approximate surface area is 99.9 Å². The molecule has 0 amide bonds. The van der Waals surface area contributed by atoms with Crippen LogP contribution in [0, 0.1) is 0 Å². The summed E-state index contributed by atoms with van der Waals surface area (Å²) in [6.45, 7) is 5.42. The number of hydrogen-bond donors (Lipinski definition) is 1. The lowest BCUT2D eigenvalue weighted by Crippen LogP contribution is -1.96. The third-order valence-corrected chi connectivity index (χ3v) is 1.94. The molecule has 2 N–H and O–H groups in total. The van der Waals surface area contributed by atoms with E-state index in [1.807, 2.05) is 12.1 Å². The molecule has 1 aromatic heterocycles. The van der Waals surface area contributed by atoms with Crippen LogP contribution in [0.15, 0.2) is 59.6 Å². The molecule has 0 atom stereocenters. The van der Waals surface area contributed by atoms with Crippen molar-refractivity contribution >= 4 is 11.6 Å². The van der Waals surface area contributed by atoms with Gasteiger partial charge in [-0.05, 0) is 25.1 Å². The van der Waals surface area contributed by atoms with Gasteiger partial charge in [0.15, 0.2) is 0 Å². The van der Waals surface area contributed by atoms with Gasteiger partial charge in [0.2, 0.25) is 5.88 Å². The number of halogens is 1. The van der Waals surface area contributed by atoms with Crippen molar-refractivity contribution in [3.05, 3.63) is 59.6 Å². The summed E-state index contributed by atoms with van der Waals surface area (Å²) in [5.41, 5.74) is 6.09. The molecule has 0 fully saturated rings. The van der Waals surface area contributed by atoms with E-state index in [1.165, 1.54) is 0 Å². The molecule has 16 heavy (non-hydrogen) atoms. The van der Waals surface area contributed by atoms with Crippen LogP contribution in [0.1, 0.15) is 6.92 Å². The second-order valence-corrected chi connectivity index (χ2v) is 3.63. The fraction of sp³-hybridized carbons (Fsp3) is 0.0833. The number of allylic oxidation sites excluding steroid dienone is 3. The van der Waals surface area contributed by atoms with Crippen molar-refractivity contribution in [1.82, 2.24) is 4.98 Å². The zero-order valence-electron chi connectivity index (χ0n) is 8.98. The van der Waals surface area contributed by atoms with Gasteiger partial charge in [0.05, 0.1) is 0 Å². The first kappa shape index (κ1) is 12.3. The molecule has 4 heteroatoms. The SMILES string of the molecule is C=C(/C=C\C(N)=C(/C)Cl)Oc1ccccn1.